The molecule has 0 amide bonds. The van der Waals surface area contributed by atoms with Crippen LogP contribution in [0.3, 0.4) is 0 Å². The van der Waals surface area contributed by atoms with Gasteiger partial charge in [0.2, 0.25) is 0 Å². The first-order valence-corrected chi connectivity index (χ1v) is 5.41. The fourth-order valence-corrected chi connectivity index (χ4v) is 1.67. The third kappa shape index (κ3) is 3.48. The zero-order chi connectivity index (χ0) is 14.1. The lowest BCUT2D eigenvalue weighted by Crippen LogP contribution is -2.34. The Kier molecular flexibility index (Phi) is 3.74. The first-order chi connectivity index (χ1) is 8.02. The molecule has 0 aliphatic rings. The fraction of sp³-hybridized carbons (Fsp3) is 0.462. The molecule has 0 aliphatic carbocycles. The number of ether oxygens (including phenoxy) is 1. The summed E-state index contributed by atoms with van der Waals surface area (Å²) in [5.41, 5.74) is 1.03. The molecule has 0 unspecified atom stereocenters. The summed E-state index contributed by atoms with van der Waals surface area (Å²) in [4.78, 5) is 10.9. The van der Waals surface area contributed by atoms with Gasteiger partial charge < -0.3 is 4.74 Å². The van der Waals surface area contributed by atoms with Crippen molar-refractivity contribution in [2.75, 3.05) is 0 Å². The highest BCUT2D eigenvalue weighted by Crippen LogP contribution is 2.30. The van der Waals surface area contributed by atoms with E-state index in [1.165, 1.54) is 13.8 Å². The van der Waals surface area contributed by atoms with E-state index in [1.807, 2.05) is 19.9 Å². The van der Waals surface area contributed by atoms with Crippen molar-refractivity contribution in [2.45, 2.75) is 39.5 Å². The van der Waals surface area contributed by atoms with Gasteiger partial charge in [-0.1, -0.05) is 29.3 Å². The molecule has 0 heterocycles. The molecule has 0 saturated heterocycles. The summed E-state index contributed by atoms with van der Waals surface area (Å²) in [6, 6.07) is 5.30. The Morgan fingerprint density at radius 1 is 1.06 bits per heavy atom. The van der Waals surface area contributed by atoms with Crippen molar-refractivity contribution in [1.29, 1.82) is 0 Å². The Hall–Kier alpha value is -1.52. The lowest BCUT2D eigenvalue weighted by atomic mass is 9.94. The largest absolute Gasteiger partial charge is 0.490 e. The van der Waals surface area contributed by atoms with Gasteiger partial charge in [-0.3, -0.25) is 0 Å². The number of esters is 1. The Bertz CT molecular complexity index is 442. The van der Waals surface area contributed by atoms with E-state index >= 15 is 0 Å². The number of aryl methyl sites for hydroxylation is 2. The number of rotatable bonds is 2. The van der Waals surface area contributed by atoms with Gasteiger partial charge in [-0.25, -0.2) is 4.79 Å². The highest BCUT2D eigenvalue weighted by Gasteiger charge is 2.44. The van der Waals surface area contributed by atoms with Crippen LogP contribution < -0.4 is 0 Å². The van der Waals surface area contributed by atoms with Crippen LogP contribution in [0.2, 0.25) is 0 Å². The molecule has 1 aromatic rings. The minimum absolute atomic E-state index is 0.539. The lowest BCUT2D eigenvalue weighted by Gasteiger charge is -2.26. The number of hydrogen-bond donors (Lipinski definition) is 0. The third-order valence-electron chi connectivity index (χ3n) is 2.50. The smallest absolute Gasteiger partial charge is 0.448 e. The normalized spacial score (nSPS) is 12.4. The Morgan fingerprint density at radius 2 is 1.50 bits per heavy atom. The molecule has 0 fully saturated rings. The zero-order valence-corrected chi connectivity index (χ0v) is 10.7. The van der Waals surface area contributed by atoms with E-state index in [0.717, 1.165) is 11.1 Å². The first-order valence-electron chi connectivity index (χ1n) is 5.41. The van der Waals surface area contributed by atoms with Gasteiger partial charge in [-0.2, -0.15) is 13.2 Å². The van der Waals surface area contributed by atoms with Crippen LogP contribution in [0.4, 0.5) is 13.2 Å². The highest BCUT2D eigenvalue weighted by atomic mass is 19.4. The maximum atomic E-state index is 12.2. The van der Waals surface area contributed by atoms with Gasteiger partial charge in [0.1, 0.15) is 5.60 Å². The second-order valence-electron chi connectivity index (χ2n) is 4.77. The summed E-state index contributed by atoms with van der Waals surface area (Å²) in [5.74, 6) is -2.17. The topological polar surface area (TPSA) is 26.3 Å². The predicted molar refractivity (Wildman–Crippen MR) is 61.1 cm³/mol. The molecule has 0 aliphatic heterocycles. The molecule has 0 saturated carbocycles. The second kappa shape index (κ2) is 4.63. The molecule has 100 valence electrons. The second-order valence-corrected chi connectivity index (χ2v) is 4.77. The molecule has 0 radical (unpaired) electrons. The van der Waals surface area contributed by atoms with Crippen LogP contribution in [0.5, 0.6) is 0 Å². The van der Waals surface area contributed by atoms with Crippen LogP contribution in [0.1, 0.15) is 30.5 Å². The van der Waals surface area contributed by atoms with E-state index < -0.39 is 17.7 Å². The molecular weight excluding hydrogens is 245 g/mol. The quantitative estimate of drug-likeness (QED) is 0.759. The van der Waals surface area contributed by atoms with Gasteiger partial charge in [0.05, 0.1) is 0 Å². The minimum Gasteiger partial charge on any atom is -0.448 e. The number of carbonyl (C=O) groups is 1. The van der Waals surface area contributed by atoms with Gasteiger partial charge in [0.15, 0.2) is 0 Å². The fourth-order valence-electron chi connectivity index (χ4n) is 1.67. The number of halogens is 3. The van der Waals surface area contributed by atoms with Crippen molar-refractivity contribution in [3.63, 3.8) is 0 Å². The number of carbonyl (C=O) groups excluding carboxylic acids is 1. The Morgan fingerprint density at radius 3 is 1.89 bits per heavy atom. The molecule has 0 N–H and O–H groups in total. The number of benzene rings is 1. The highest BCUT2D eigenvalue weighted by molar-refractivity contribution is 5.76. The predicted octanol–water partition coefficient (Wildman–Crippen LogP) is 3.64. The van der Waals surface area contributed by atoms with Gasteiger partial charge in [0.25, 0.3) is 0 Å². The zero-order valence-electron chi connectivity index (χ0n) is 10.7. The monoisotopic (exact) mass is 260 g/mol. The molecule has 1 rings (SSSR count). The van der Waals surface area contributed by atoms with E-state index in [2.05, 4.69) is 4.74 Å². The van der Waals surface area contributed by atoms with Gasteiger partial charge >= 0.3 is 12.1 Å². The lowest BCUT2D eigenvalue weighted by molar-refractivity contribution is -0.212. The molecule has 1 aromatic carbocycles. The maximum Gasteiger partial charge on any atom is 0.490 e. The van der Waals surface area contributed by atoms with Crippen molar-refractivity contribution < 1.29 is 22.7 Å². The molecular formula is C13H15F3O2. The van der Waals surface area contributed by atoms with Gasteiger partial charge in [0, 0.05) is 0 Å². The summed E-state index contributed by atoms with van der Waals surface area (Å²) < 4.78 is 41.1. The number of hydrogen-bond acceptors (Lipinski definition) is 2. The molecule has 0 atom stereocenters. The molecule has 0 aromatic heterocycles. The molecule has 2 nitrogen and oxygen atoms in total. The molecule has 18 heavy (non-hydrogen) atoms. The van der Waals surface area contributed by atoms with E-state index in [1.54, 1.807) is 12.1 Å². The average molecular weight is 260 g/mol. The molecule has 0 bridgehead atoms. The molecule has 0 spiro atoms. The van der Waals surface area contributed by atoms with Crippen LogP contribution in [-0.2, 0) is 15.1 Å². The van der Waals surface area contributed by atoms with Crippen molar-refractivity contribution >= 4 is 5.97 Å². The first kappa shape index (κ1) is 14.5. The maximum absolute atomic E-state index is 12.2. The van der Waals surface area contributed by atoms with E-state index in [-0.39, 0.29) is 0 Å². The summed E-state index contributed by atoms with van der Waals surface area (Å²) >= 11 is 0. The third-order valence-corrected chi connectivity index (χ3v) is 2.50. The van der Waals surface area contributed by atoms with Crippen LogP contribution in [0.25, 0.3) is 0 Å². The SMILES string of the molecule is Cc1cc(C)cc(C(C)(C)OC(=O)C(F)(F)F)c1. The standard InChI is InChI=1S/C13H15F3O2/c1-8-5-9(2)7-10(6-8)12(3,4)18-11(17)13(14,15)16/h5-7H,1-4H3. The summed E-state index contributed by atoms with van der Waals surface area (Å²) in [6.45, 7) is 6.53. The van der Waals surface area contributed by atoms with Crippen molar-refractivity contribution in [3.05, 3.63) is 34.9 Å². The van der Waals surface area contributed by atoms with Crippen molar-refractivity contribution in [2.24, 2.45) is 0 Å². The van der Waals surface area contributed by atoms with Gasteiger partial charge in [-0.05, 0) is 33.3 Å². The Labute approximate surface area is 104 Å². The number of alkyl halides is 3. The summed E-state index contributed by atoms with van der Waals surface area (Å²) in [5, 5.41) is 0. The van der Waals surface area contributed by atoms with E-state index in [4.69, 9.17) is 0 Å². The minimum atomic E-state index is -4.98. The van der Waals surface area contributed by atoms with Crippen LogP contribution in [-0.4, -0.2) is 12.1 Å². The summed E-state index contributed by atoms with van der Waals surface area (Å²) in [7, 11) is 0. The summed E-state index contributed by atoms with van der Waals surface area (Å²) in [6.07, 6.45) is -4.98. The van der Waals surface area contributed by atoms with Crippen molar-refractivity contribution in [3.8, 4) is 0 Å². The molecule has 5 heteroatoms. The van der Waals surface area contributed by atoms with Gasteiger partial charge in [-0.15, -0.1) is 0 Å². The average Bonchev–Trinajstić information content (AvgIpc) is 2.13. The van der Waals surface area contributed by atoms with E-state index in [0.29, 0.717) is 5.56 Å². The Balaban J connectivity index is 3.02. The van der Waals surface area contributed by atoms with Crippen LogP contribution >= 0.6 is 0 Å². The van der Waals surface area contributed by atoms with Crippen LogP contribution in [0, 0.1) is 13.8 Å². The van der Waals surface area contributed by atoms with Crippen molar-refractivity contribution in [1.82, 2.24) is 0 Å². The van der Waals surface area contributed by atoms with Crippen LogP contribution in [0.15, 0.2) is 18.2 Å². The van der Waals surface area contributed by atoms with E-state index in [9.17, 15) is 18.0 Å².